The molecule has 0 spiro atoms. The van der Waals surface area contributed by atoms with Crippen LogP contribution in [0.2, 0.25) is 0 Å². The van der Waals surface area contributed by atoms with Crippen LogP contribution in [0.3, 0.4) is 0 Å². The van der Waals surface area contributed by atoms with E-state index in [0.717, 1.165) is 0 Å². The van der Waals surface area contributed by atoms with E-state index in [1.54, 1.807) is 0 Å². The molecule has 0 bridgehead atoms. The molecule has 0 aromatic carbocycles. The summed E-state index contributed by atoms with van der Waals surface area (Å²) in [5, 5.41) is 8.36. The van der Waals surface area contributed by atoms with Gasteiger partial charge in [-0.15, -0.1) is 5.48 Å². The highest BCUT2D eigenvalue weighted by Crippen LogP contribution is 1.90. The zero-order valence-electron chi connectivity index (χ0n) is 6.96. The second-order valence-electron chi connectivity index (χ2n) is 2.35. The van der Waals surface area contributed by atoms with Gasteiger partial charge in [-0.1, -0.05) is 6.58 Å². The quantitative estimate of drug-likeness (QED) is 0.465. The van der Waals surface area contributed by atoms with Crippen molar-refractivity contribution in [3.63, 3.8) is 0 Å². The largest absolute Gasteiger partial charge is 0.480 e. The van der Waals surface area contributed by atoms with Gasteiger partial charge in [0.2, 0.25) is 0 Å². The van der Waals surface area contributed by atoms with Crippen LogP contribution in [0.15, 0.2) is 12.2 Å². The molecule has 0 aliphatic carbocycles. The molecule has 68 valence electrons. The third-order valence-electron chi connectivity index (χ3n) is 1.05. The molecule has 0 saturated heterocycles. The van der Waals surface area contributed by atoms with E-state index < -0.39 is 18.0 Å². The van der Waals surface area contributed by atoms with Crippen molar-refractivity contribution in [2.24, 2.45) is 0 Å². The van der Waals surface area contributed by atoms with Crippen molar-refractivity contribution in [2.45, 2.75) is 19.9 Å². The van der Waals surface area contributed by atoms with Gasteiger partial charge in [-0.25, -0.2) is 4.79 Å². The Morgan fingerprint density at radius 1 is 1.58 bits per heavy atom. The number of carbonyl (C=O) groups excluding carboxylic acids is 1. The zero-order chi connectivity index (χ0) is 9.72. The fraction of sp³-hybridized carbons (Fsp3) is 0.429. The Morgan fingerprint density at radius 3 is 2.42 bits per heavy atom. The maximum atomic E-state index is 10.7. The average Bonchev–Trinajstić information content (AvgIpc) is 1.98. The normalized spacial score (nSPS) is 11.8. The molecule has 0 radical (unpaired) electrons. The van der Waals surface area contributed by atoms with Gasteiger partial charge in [-0.2, -0.15) is 0 Å². The Hall–Kier alpha value is -1.36. The summed E-state index contributed by atoms with van der Waals surface area (Å²) in [4.78, 5) is 25.3. The summed E-state index contributed by atoms with van der Waals surface area (Å²) in [6.07, 6.45) is 0. The highest BCUT2D eigenvalue weighted by molar-refractivity contribution is 5.86. The van der Waals surface area contributed by atoms with E-state index >= 15 is 0 Å². The number of aliphatic carboxylic acids is 1. The topological polar surface area (TPSA) is 75.6 Å². The van der Waals surface area contributed by atoms with Crippen LogP contribution in [0.4, 0.5) is 0 Å². The minimum Gasteiger partial charge on any atom is -0.480 e. The van der Waals surface area contributed by atoms with Crippen molar-refractivity contribution in [3.05, 3.63) is 12.2 Å². The number of rotatable bonds is 4. The predicted molar refractivity (Wildman–Crippen MR) is 41.1 cm³/mol. The zero-order valence-corrected chi connectivity index (χ0v) is 6.96. The van der Waals surface area contributed by atoms with Crippen LogP contribution < -0.4 is 5.48 Å². The first-order chi connectivity index (χ1) is 5.45. The van der Waals surface area contributed by atoms with Crippen LogP contribution in [0.1, 0.15) is 13.8 Å². The van der Waals surface area contributed by atoms with Crippen molar-refractivity contribution < 1.29 is 19.5 Å². The lowest BCUT2D eigenvalue weighted by Crippen LogP contribution is -2.35. The molecule has 0 heterocycles. The molecule has 0 aromatic rings. The van der Waals surface area contributed by atoms with Crippen LogP contribution in [-0.4, -0.2) is 23.1 Å². The molecule has 2 N–H and O–H groups in total. The molecule has 0 aromatic heterocycles. The van der Waals surface area contributed by atoms with E-state index in [4.69, 9.17) is 5.11 Å². The standard InChI is InChI=1S/C7H11NO4/c1-4(2)7(11)12-8-5(3)6(9)10/h5,8H,1H2,2-3H3,(H,9,10). The number of nitrogens with one attached hydrogen (secondary N) is 1. The third-order valence-corrected chi connectivity index (χ3v) is 1.05. The lowest BCUT2D eigenvalue weighted by atomic mass is 10.4. The van der Waals surface area contributed by atoms with E-state index in [1.807, 2.05) is 0 Å². The first kappa shape index (κ1) is 10.6. The Balaban J connectivity index is 3.76. The van der Waals surface area contributed by atoms with Crippen molar-refractivity contribution in [2.75, 3.05) is 0 Å². The van der Waals surface area contributed by atoms with E-state index in [9.17, 15) is 9.59 Å². The summed E-state index contributed by atoms with van der Waals surface area (Å²) in [7, 11) is 0. The van der Waals surface area contributed by atoms with E-state index in [2.05, 4.69) is 16.9 Å². The Labute approximate surface area is 70.0 Å². The van der Waals surface area contributed by atoms with Crippen molar-refractivity contribution in [1.29, 1.82) is 0 Å². The Kier molecular flexibility index (Phi) is 3.99. The minimum absolute atomic E-state index is 0.208. The smallest absolute Gasteiger partial charge is 0.351 e. The summed E-state index contributed by atoms with van der Waals surface area (Å²) in [6.45, 7) is 6.14. The maximum absolute atomic E-state index is 10.7. The molecule has 0 aliphatic heterocycles. The van der Waals surface area contributed by atoms with Crippen LogP contribution in [0.25, 0.3) is 0 Å². The lowest BCUT2D eigenvalue weighted by molar-refractivity contribution is -0.153. The number of carboxylic acid groups (broad SMARTS) is 1. The lowest BCUT2D eigenvalue weighted by Gasteiger charge is -2.08. The first-order valence-electron chi connectivity index (χ1n) is 3.30. The van der Waals surface area contributed by atoms with Gasteiger partial charge in [-0.05, 0) is 13.8 Å². The van der Waals surface area contributed by atoms with Gasteiger partial charge in [-0.3, -0.25) is 4.79 Å². The fourth-order valence-corrected chi connectivity index (χ4v) is 0.279. The molecule has 5 heteroatoms. The van der Waals surface area contributed by atoms with Gasteiger partial charge >= 0.3 is 11.9 Å². The maximum Gasteiger partial charge on any atom is 0.351 e. The highest BCUT2D eigenvalue weighted by atomic mass is 16.7. The molecule has 1 atom stereocenters. The molecule has 12 heavy (non-hydrogen) atoms. The van der Waals surface area contributed by atoms with E-state index in [0.29, 0.717) is 0 Å². The molecular weight excluding hydrogens is 162 g/mol. The predicted octanol–water partition coefficient (Wildman–Crippen LogP) is 0.0834. The fourth-order valence-electron chi connectivity index (χ4n) is 0.279. The second kappa shape index (κ2) is 4.50. The molecule has 5 nitrogen and oxygen atoms in total. The van der Waals surface area contributed by atoms with Crippen LogP contribution in [0, 0.1) is 0 Å². The molecule has 0 saturated carbocycles. The number of hydroxylamine groups is 1. The number of hydrogen-bond donors (Lipinski definition) is 2. The van der Waals surface area contributed by atoms with Crippen LogP contribution in [0.5, 0.6) is 0 Å². The van der Waals surface area contributed by atoms with Gasteiger partial charge in [0.15, 0.2) is 0 Å². The SMILES string of the molecule is C=C(C)C(=O)ONC(C)C(=O)O. The summed E-state index contributed by atoms with van der Waals surface area (Å²) in [5.41, 5.74) is 2.26. The van der Waals surface area contributed by atoms with Crippen molar-refractivity contribution in [3.8, 4) is 0 Å². The third kappa shape index (κ3) is 3.72. The number of hydrogen-bond acceptors (Lipinski definition) is 4. The van der Waals surface area contributed by atoms with Crippen molar-refractivity contribution in [1.82, 2.24) is 5.48 Å². The van der Waals surface area contributed by atoms with Gasteiger partial charge in [0.05, 0.1) is 0 Å². The Bertz CT molecular complexity index is 211. The molecule has 1 unspecified atom stereocenters. The second-order valence-corrected chi connectivity index (χ2v) is 2.35. The average molecular weight is 173 g/mol. The summed E-state index contributed by atoms with van der Waals surface area (Å²) in [5.74, 6) is -1.76. The molecular formula is C7H11NO4. The highest BCUT2D eigenvalue weighted by Gasteiger charge is 2.12. The molecule has 0 aliphatic rings. The summed E-state index contributed by atoms with van der Waals surface area (Å²) in [6, 6.07) is -0.923. The summed E-state index contributed by atoms with van der Waals surface area (Å²) < 4.78 is 0. The van der Waals surface area contributed by atoms with Gasteiger partial charge in [0, 0.05) is 5.57 Å². The molecule has 0 rings (SSSR count). The van der Waals surface area contributed by atoms with Gasteiger partial charge in [0.1, 0.15) is 6.04 Å². The van der Waals surface area contributed by atoms with E-state index in [1.165, 1.54) is 13.8 Å². The van der Waals surface area contributed by atoms with Crippen LogP contribution in [-0.2, 0) is 14.4 Å². The summed E-state index contributed by atoms with van der Waals surface area (Å²) >= 11 is 0. The number of carbonyl (C=O) groups is 2. The monoisotopic (exact) mass is 173 g/mol. The Morgan fingerprint density at radius 2 is 2.08 bits per heavy atom. The molecule has 0 amide bonds. The van der Waals surface area contributed by atoms with Gasteiger partial charge < -0.3 is 9.94 Å². The molecule has 0 fully saturated rings. The van der Waals surface area contributed by atoms with Crippen molar-refractivity contribution >= 4 is 11.9 Å². The van der Waals surface area contributed by atoms with Crippen LogP contribution >= 0.6 is 0 Å². The first-order valence-corrected chi connectivity index (χ1v) is 3.30. The van der Waals surface area contributed by atoms with E-state index in [-0.39, 0.29) is 5.57 Å². The minimum atomic E-state index is -1.09. The number of carboxylic acids is 1. The van der Waals surface area contributed by atoms with Gasteiger partial charge in [0.25, 0.3) is 0 Å².